The van der Waals surface area contributed by atoms with Crippen LogP contribution in [0.5, 0.6) is 0 Å². The molecule has 1 unspecified atom stereocenters. The summed E-state index contributed by atoms with van der Waals surface area (Å²) in [5.41, 5.74) is 11.5. The molecule has 0 aliphatic carbocycles. The summed E-state index contributed by atoms with van der Waals surface area (Å²) in [6, 6.07) is -0.634. The third kappa shape index (κ3) is 4.44. The zero-order valence-corrected chi connectivity index (χ0v) is 14.1. The van der Waals surface area contributed by atoms with Crippen LogP contribution in [0.3, 0.4) is 0 Å². The Labute approximate surface area is 150 Å². The predicted molar refractivity (Wildman–Crippen MR) is 98.3 cm³/mol. The molecule has 10 heteroatoms. The van der Waals surface area contributed by atoms with Gasteiger partial charge in [-0.15, -0.1) is 0 Å². The van der Waals surface area contributed by atoms with E-state index in [1.165, 1.54) is 6.20 Å². The van der Waals surface area contributed by atoms with Gasteiger partial charge in [0, 0.05) is 12.4 Å². The van der Waals surface area contributed by atoms with Crippen molar-refractivity contribution >= 4 is 29.7 Å². The van der Waals surface area contributed by atoms with E-state index in [1.807, 2.05) is 0 Å². The molecule has 26 heavy (non-hydrogen) atoms. The highest BCUT2D eigenvalue weighted by molar-refractivity contribution is 5.97. The van der Waals surface area contributed by atoms with Crippen LogP contribution in [-0.2, 0) is 4.79 Å². The van der Waals surface area contributed by atoms with Crippen LogP contribution in [0.1, 0.15) is 23.8 Å². The minimum atomic E-state index is -0.783. The minimum Gasteiger partial charge on any atom is -0.368 e. The van der Waals surface area contributed by atoms with E-state index in [9.17, 15) is 9.59 Å². The average Bonchev–Trinajstić information content (AvgIpc) is 2.64. The standard InChI is InChI=1S/C16H20N8O2/c1-2-9(14(18)25)22-12-8-21-13(15(19)26)16(24-12)23-11(7-17)10-5-3-4-6-20-10/h3-9,17,20H,2H2,1H3,(H2,18,25)(H2,19,26)(H2,22,23,24)/b11-10+,17-7?. The van der Waals surface area contributed by atoms with Gasteiger partial charge in [-0.1, -0.05) is 13.0 Å². The zero-order chi connectivity index (χ0) is 19.1. The van der Waals surface area contributed by atoms with E-state index >= 15 is 0 Å². The number of hydrogen-bond acceptors (Lipinski definition) is 8. The first kappa shape index (κ1) is 18.6. The van der Waals surface area contributed by atoms with Crippen molar-refractivity contribution in [1.82, 2.24) is 15.3 Å². The van der Waals surface area contributed by atoms with E-state index in [0.717, 1.165) is 6.21 Å². The summed E-state index contributed by atoms with van der Waals surface area (Å²) in [6.07, 6.45) is 9.82. The fourth-order valence-corrected chi connectivity index (χ4v) is 2.15. The summed E-state index contributed by atoms with van der Waals surface area (Å²) in [7, 11) is 0. The Bertz CT molecular complexity index is 812. The first-order valence-corrected chi connectivity index (χ1v) is 7.80. The molecular weight excluding hydrogens is 336 g/mol. The fraction of sp³-hybridized carbons (Fsp3) is 0.188. The summed E-state index contributed by atoms with van der Waals surface area (Å²) in [5, 5.41) is 16.3. The number of hydrogen-bond donors (Lipinski definition) is 6. The highest BCUT2D eigenvalue weighted by Crippen LogP contribution is 2.17. The number of primary amides is 2. The normalized spacial score (nSPS) is 15.6. The van der Waals surface area contributed by atoms with Crippen LogP contribution in [0, 0.1) is 5.41 Å². The highest BCUT2D eigenvalue weighted by atomic mass is 16.1. The number of carbonyl (C=O) groups excluding carboxylic acids is 2. The van der Waals surface area contributed by atoms with Crippen LogP contribution in [-0.4, -0.2) is 34.0 Å². The van der Waals surface area contributed by atoms with Gasteiger partial charge in [0.15, 0.2) is 11.5 Å². The fourth-order valence-electron chi connectivity index (χ4n) is 2.15. The van der Waals surface area contributed by atoms with Crippen molar-refractivity contribution in [3.63, 3.8) is 0 Å². The lowest BCUT2D eigenvalue weighted by molar-refractivity contribution is -0.118. The molecule has 0 fully saturated rings. The van der Waals surface area contributed by atoms with Gasteiger partial charge in [0.2, 0.25) is 5.91 Å². The Kier molecular flexibility index (Phi) is 6.04. The number of aromatic nitrogens is 2. The van der Waals surface area contributed by atoms with Gasteiger partial charge in [0.25, 0.3) is 5.91 Å². The molecule has 1 aliphatic heterocycles. The maximum atomic E-state index is 11.6. The molecule has 1 aliphatic rings. The Morgan fingerprint density at radius 1 is 1.38 bits per heavy atom. The minimum absolute atomic E-state index is 0.0533. The SMILES string of the molecule is CCC(Nc1cnc(C(N)=O)c(N/C(C=N)=C2\C=CC=CN2)n1)C(N)=O. The van der Waals surface area contributed by atoms with Crippen molar-refractivity contribution in [3.8, 4) is 0 Å². The second-order valence-corrected chi connectivity index (χ2v) is 5.28. The first-order chi connectivity index (χ1) is 12.5. The van der Waals surface area contributed by atoms with Crippen LogP contribution in [0.2, 0.25) is 0 Å². The van der Waals surface area contributed by atoms with Gasteiger partial charge in [-0.25, -0.2) is 9.97 Å². The van der Waals surface area contributed by atoms with E-state index in [2.05, 4.69) is 25.9 Å². The molecule has 0 aromatic carbocycles. The van der Waals surface area contributed by atoms with Crippen LogP contribution >= 0.6 is 0 Å². The number of nitrogens with two attached hydrogens (primary N) is 2. The van der Waals surface area contributed by atoms with E-state index in [-0.39, 0.29) is 17.3 Å². The Morgan fingerprint density at radius 3 is 2.69 bits per heavy atom. The smallest absolute Gasteiger partial charge is 0.271 e. The van der Waals surface area contributed by atoms with Crippen molar-refractivity contribution < 1.29 is 9.59 Å². The molecule has 8 N–H and O–H groups in total. The van der Waals surface area contributed by atoms with Gasteiger partial charge in [0.1, 0.15) is 11.9 Å². The molecule has 1 aromatic heterocycles. The number of carbonyl (C=O) groups is 2. The molecule has 136 valence electrons. The lowest BCUT2D eigenvalue weighted by Gasteiger charge is -2.17. The van der Waals surface area contributed by atoms with Gasteiger partial charge in [-0.3, -0.25) is 9.59 Å². The molecule has 2 amide bonds. The first-order valence-electron chi connectivity index (χ1n) is 7.80. The zero-order valence-electron chi connectivity index (χ0n) is 14.1. The lowest BCUT2D eigenvalue weighted by Crippen LogP contribution is -2.35. The number of allylic oxidation sites excluding steroid dienone is 4. The van der Waals surface area contributed by atoms with Crippen LogP contribution < -0.4 is 27.4 Å². The summed E-state index contributed by atoms with van der Waals surface area (Å²) >= 11 is 0. The molecule has 0 saturated heterocycles. The molecule has 2 rings (SSSR count). The lowest BCUT2D eigenvalue weighted by atomic mass is 10.2. The van der Waals surface area contributed by atoms with Gasteiger partial charge in [-0.05, 0) is 18.6 Å². The van der Waals surface area contributed by atoms with Gasteiger partial charge < -0.3 is 32.8 Å². The summed E-state index contributed by atoms with van der Waals surface area (Å²) < 4.78 is 0. The maximum absolute atomic E-state index is 11.6. The van der Waals surface area contributed by atoms with E-state index in [0.29, 0.717) is 17.8 Å². The summed E-state index contributed by atoms with van der Waals surface area (Å²) in [6.45, 7) is 1.79. The average molecular weight is 356 g/mol. The maximum Gasteiger partial charge on any atom is 0.271 e. The van der Waals surface area contributed by atoms with E-state index in [4.69, 9.17) is 16.9 Å². The molecular formula is C16H20N8O2. The quantitative estimate of drug-likeness (QED) is 0.361. The molecule has 0 radical (unpaired) electrons. The van der Waals surface area contributed by atoms with E-state index < -0.39 is 17.9 Å². The van der Waals surface area contributed by atoms with Crippen LogP contribution in [0.15, 0.2) is 42.0 Å². The summed E-state index contributed by atoms with van der Waals surface area (Å²) in [5.74, 6) is -1.02. The van der Waals surface area contributed by atoms with Gasteiger partial charge >= 0.3 is 0 Å². The highest BCUT2D eigenvalue weighted by Gasteiger charge is 2.18. The van der Waals surface area contributed by atoms with Gasteiger partial charge in [-0.2, -0.15) is 0 Å². The van der Waals surface area contributed by atoms with Crippen LogP contribution in [0.4, 0.5) is 11.6 Å². The number of anilines is 2. The number of amides is 2. The third-order valence-electron chi connectivity index (χ3n) is 3.48. The van der Waals surface area contributed by atoms with Crippen molar-refractivity contribution in [3.05, 3.63) is 47.7 Å². The molecule has 0 spiro atoms. The number of nitrogens with one attached hydrogen (secondary N) is 4. The Balaban J connectivity index is 2.38. The van der Waals surface area contributed by atoms with Crippen molar-refractivity contribution in [2.45, 2.75) is 19.4 Å². The van der Waals surface area contributed by atoms with Crippen molar-refractivity contribution in [2.24, 2.45) is 11.5 Å². The largest absolute Gasteiger partial charge is 0.368 e. The second kappa shape index (κ2) is 8.42. The van der Waals surface area contributed by atoms with Gasteiger partial charge in [0.05, 0.1) is 17.6 Å². The summed E-state index contributed by atoms with van der Waals surface area (Å²) in [4.78, 5) is 31.3. The topological polar surface area (TPSA) is 172 Å². The predicted octanol–water partition coefficient (Wildman–Crippen LogP) is 0.197. The van der Waals surface area contributed by atoms with Crippen LogP contribution in [0.25, 0.3) is 0 Å². The third-order valence-corrected chi connectivity index (χ3v) is 3.48. The molecule has 1 atom stereocenters. The molecule has 2 heterocycles. The molecule has 10 nitrogen and oxygen atoms in total. The number of dihydropyridines is 1. The van der Waals surface area contributed by atoms with E-state index in [1.54, 1.807) is 31.4 Å². The number of rotatable bonds is 8. The number of nitrogens with zero attached hydrogens (tertiary/aromatic N) is 2. The Hall–Kier alpha value is -3.69. The monoisotopic (exact) mass is 356 g/mol. The molecule has 1 aromatic rings. The second-order valence-electron chi connectivity index (χ2n) is 5.28. The molecule has 0 bridgehead atoms. The Morgan fingerprint density at radius 2 is 2.15 bits per heavy atom. The molecule has 0 saturated carbocycles. The van der Waals surface area contributed by atoms with Crippen molar-refractivity contribution in [2.75, 3.05) is 10.6 Å². The van der Waals surface area contributed by atoms with Crippen molar-refractivity contribution in [1.29, 1.82) is 5.41 Å².